The van der Waals surface area contributed by atoms with Crippen LogP contribution >= 0.6 is 0 Å². The quantitative estimate of drug-likeness (QED) is 0.588. The summed E-state index contributed by atoms with van der Waals surface area (Å²) in [6.45, 7) is 4.26. The second kappa shape index (κ2) is 4.82. The molecule has 2 bridgehead atoms. The summed E-state index contributed by atoms with van der Waals surface area (Å²) in [6, 6.07) is 0.324. The molecule has 3 heterocycles. The van der Waals surface area contributed by atoms with Gasteiger partial charge in [0.05, 0.1) is 24.7 Å². The van der Waals surface area contributed by atoms with Crippen LogP contribution in [0.4, 0.5) is 0 Å². The van der Waals surface area contributed by atoms with Gasteiger partial charge < -0.3 is 14.4 Å². The Hall–Kier alpha value is -1.36. The van der Waals surface area contributed by atoms with Crippen LogP contribution in [0.1, 0.15) is 39.5 Å². The SMILES string of the molecule is CC(C)OC(=O)[C@H]1[C@@H]2C=C[C@]3(CN(C4CCCC4)C(=O)[C@H]13)O2. The molecule has 0 radical (unpaired) electrons. The molecule has 0 aromatic rings. The van der Waals surface area contributed by atoms with Crippen molar-refractivity contribution < 1.29 is 19.1 Å². The maximum atomic E-state index is 13.0. The van der Waals surface area contributed by atoms with Crippen LogP contribution in [0.5, 0.6) is 0 Å². The number of likely N-dealkylation sites (tertiary alicyclic amines) is 1. The van der Waals surface area contributed by atoms with Crippen molar-refractivity contribution in [2.45, 2.75) is 63.4 Å². The molecule has 0 aromatic heterocycles. The molecule has 4 aliphatic rings. The molecule has 22 heavy (non-hydrogen) atoms. The molecule has 1 spiro atoms. The van der Waals surface area contributed by atoms with Crippen molar-refractivity contribution in [3.05, 3.63) is 12.2 Å². The first-order chi connectivity index (χ1) is 10.5. The van der Waals surface area contributed by atoms with Crippen molar-refractivity contribution in [3.8, 4) is 0 Å². The van der Waals surface area contributed by atoms with Crippen molar-refractivity contribution in [2.24, 2.45) is 11.8 Å². The third-order valence-electron chi connectivity index (χ3n) is 5.52. The van der Waals surface area contributed by atoms with E-state index in [-0.39, 0.29) is 24.1 Å². The van der Waals surface area contributed by atoms with Crippen LogP contribution in [-0.2, 0) is 19.1 Å². The minimum Gasteiger partial charge on any atom is -0.463 e. The lowest BCUT2D eigenvalue weighted by atomic mass is 9.77. The monoisotopic (exact) mass is 305 g/mol. The number of hydrogen-bond donors (Lipinski definition) is 0. The van der Waals surface area contributed by atoms with Crippen LogP contribution in [0, 0.1) is 11.8 Å². The highest BCUT2D eigenvalue weighted by molar-refractivity contribution is 5.91. The maximum Gasteiger partial charge on any atom is 0.313 e. The number of ether oxygens (including phenoxy) is 2. The van der Waals surface area contributed by atoms with Crippen LogP contribution in [0.2, 0.25) is 0 Å². The topological polar surface area (TPSA) is 55.8 Å². The summed E-state index contributed by atoms with van der Waals surface area (Å²) in [5.74, 6) is -1.08. The molecule has 4 atom stereocenters. The maximum absolute atomic E-state index is 13.0. The predicted octanol–water partition coefficient (Wildman–Crippen LogP) is 1.66. The van der Waals surface area contributed by atoms with E-state index in [0.29, 0.717) is 12.6 Å². The Bertz CT molecular complexity index is 537. The van der Waals surface area contributed by atoms with Crippen LogP contribution in [0.3, 0.4) is 0 Å². The number of hydrogen-bond acceptors (Lipinski definition) is 4. The van der Waals surface area contributed by atoms with E-state index in [1.54, 1.807) is 0 Å². The lowest BCUT2D eigenvalue weighted by Gasteiger charge is -2.27. The van der Waals surface area contributed by atoms with E-state index in [0.717, 1.165) is 12.8 Å². The smallest absolute Gasteiger partial charge is 0.313 e. The van der Waals surface area contributed by atoms with Gasteiger partial charge in [-0.25, -0.2) is 0 Å². The predicted molar refractivity (Wildman–Crippen MR) is 78.9 cm³/mol. The van der Waals surface area contributed by atoms with E-state index in [2.05, 4.69) is 0 Å². The molecule has 1 amide bonds. The molecular formula is C17H23NO4. The van der Waals surface area contributed by atoms with Gasteiger partial charge in [-0.3, -0.25) is 9.59 Å². The Morgan fingerprint density at radius 2 is 2.14 bits per heavy atom. The Balaban J connectivity index is 1.61. The first-order valence-corrected chi connectivity index (χ1v) is 8.40. The van der Waals surface area contributed by atoms with Crippen LogP contribution < -0.4 is 0 Å². The number of carbonyl (C=O) groups is 2. The molecule has 5 heteroatoms. The van der Waals surface area contributed by atoms with Crippen LogP contribution in [0.25, 0.3) is 0 Å². The lowest BCUT2D eigenvalue weighted by Crippen LogP contribution is -2.41. The van der Waals surface area contributed by atoms with E-state index in [1.807, 2.05) is 30.9 Å². The Morgan fingerprint density at radius 3 is 2.82 bits per heavy atom. The van der Waals surface area contributed by atoms with Gasteiger partial charge in [-0.1, -0.05) is 25.0 Å². The van der Waals surface area contributed by atoms with Gasteiger partial charge in [-0.15, -0.1) is 0 Å². The Labute approximate surface area is 130 Å². The van der Waals surface area contributed by atoms with Gasteiger partial charge >= 0.3 is 5.97 Å². The molecule has 4 rings (SSSR count). The van der Waals surface area contributed by atoms with E-state index < -0.39 is 17.4 Å². The Kier molecular flexibility index (Phi) is 3.12. The molecule has 3 fully saturated rings. The van der Waals surface area contributed by atoms with Gasteiger partial charge in [0.25, 0.3) is 0 Å². The molecule has 0 aromatic carbocycles. The lowest BCUT2D eigenvalue weighted by molar-refractivity contribution is -0.157. The molecule has 120 valence electrons. The van der Waals surface area contributed by atoms with Gasteiger partial charge in [-0.2, -0.15) is 0 Å². The number of fused-ring (bicyclic) bond motifs is 1. The highest BCUT2D eigenvalue weighted by atomic mass is 16.6. The van der Waals surface area contributed by atoms with E-state index >= 15 is 0 Å². The van der Waals surface area contributed by atoms with Crippen molar-refractivity contribution in [1.82, 2.24) is 4.90 Å². The van der Waals surface area contributed by atoms with Crippen molar-refractivity contribution >= 4 is 11.9 Å². The molecule has 5 nitrogen and oxygen atoms in total. The van der Waals surface area contributed by atoms with Crippen molar-refractivity contribution in [2.75, 3.05) is 6.54 Å². The minimum absolute atomic E-state index is 0.0875. The fraction of sp³-hybridized carbons (Fsp3) is 0.765. The number of rotatable bonds is 3. The third kappa shape index (κ3) is 1.87. The third-order valence-corrected chi connectivity index (χ3v) is 5.52. The van der Waals surface area contributed by atoms with Crippen LogP contribution in [-0.4, -0.2) is 47.2 Å². The van der Waals surface area contributed by atoms with Gasteiger partial charge in [0.2, 0.25) is 5.91 Å². The van der Waals surface area contributed by atoms with Gasteiger partial charge in [0.15, 0.2) is 0 Å². The minimum atomic E-state index is -0.592. The fourth-order valence-corrected chi connectivity index (χ4v) is 4.63. The average molecular weight is 305 g/mol. The highest BCUT2D eigenvalue weighted by Crippen LogP contribution is 2.53. The summed E-state index contributed by atoms with van der Waals surface area (Å²) < 4.78 is 11.5. The summed E-state index contributed by atoms with van der Waals surface area (Å²) in [5.41, 5.74) is -0.592. The van der Waals surface area contributed by atoms with E-state index in [9.17, 15) is 9.59 Å². The summed E-state index contributed by atoms with van der Waals surface area (Å²) in [6.07, 6.45) is 7.99. The van der Waals surface area contributed by atoms with Crippen molar-refractivity contribution in [1.29, 1.82) is 0 Å². The second-order valence-corrected chi connectivity index (χ2v) is 7.29. The number of carbonyl (C=O) groups excluding carboxylic acids is 2. The molecule has 1 aliphatic carbocycles. The molecule has 3 aliphatic heterocycles. The second-order valence-electron chi connectivity index (χ2n) is 7.29. The zero-order chi connectivity index (χ0) is 15.5. The molecule has 2 saturated heterocycles. The number of esters is 1. The van der Waals surface area contributed by atoms with Gasteiger partial charge in [-0.05, 0) is 26.7 Å². The van der Waals surface area contributed by atoms with Gasteiger partial charge in [0.1, 0.15) is 11.5 Å². The molecule has 1 saturated carbocycles. The zero-order valence-corrected chi connectivity index (χ0v) is 13.2. The summed E-state index contributed by atoms with van der Waals surface area (Å²) in [5, 5.41) is 0. The molecule has 0 unspecified atom stereocenters. The zero-order valence-electron chi connectivity index (χ0n) is 13.2. The van der Waals surface area contributed by atoms with E-state index in [4.69, 9.17) is 9.47 Å². The fourth-order valence-electron chi connectivity index (χ4n) is 4.63. The first kappa shape index (κ1) is 14.2. The average Bonchev–Trinajstić information content (AvgIpc) is 3.18. The van der Waals surface area contributed by atoms with Crippen molar-refractivity contribution in [3.63, 3.8) is 0 Å². The number of nitrogens with zero attached hydrogens (tertiary/aromatic N) is 1. The summed E-state index contributed by atoms with van der Waals surface area (Å²) in [4.78, 5) is 27.4. The normalized spacial score (nSPS) is 40.0. The summed E-state index contributed by atoms with van der Waals surface area (Å²) >= 11 is 0. The van der Waals surface area contributed by atoms with E-state index in [1.165, 1.54) is 12.8 Å². The standard InChI is InChI=1S/C17H23NO4/c1-10(2)21-16(20)13-12-7-8-17(22-12)9-18(15(19)14(13)17)11-5-3-4-6-11/h7-8,10-14H,3-6,9H2,1-2H3/t12-,13-,14-,17+/m0/s1. The highest BCUT2D eigenvalue weighted by Gasteiger charge is 2.68. The molecule has 0 N–H and O–H groups in total. The largest absolute Gasteiger partial charge is 0.463 e. The summed E-state index contributed by atoms with van der Waals surface area (Å²) in [7, 11) is 0. The number of amides is 1. The molecular weight excluding hydrogens is 282 g/mol. The Morgan fingerprint density at radius 1 is 1.41 bits per heavy atom. The van der Waals surface area contributed by atoms with Crippen LogP contribution in [0.15, 0.2) is 12.2 Å². The van der Waals surface area contributed by atoms with Gasteiger partial charge in [0, 0.05) is 6.04 Å². The first-order valence-electron chi connectivity index (χ1n) is 8.40.